The number of rotatable bonds is 6. The summed E-state index contributed by atoms with van der Waals surface area (Å²) in [5.41, 5.74) is 0.829. The zero-order valence-corrected chi connectivity index (χ0v) is 16.8. The number of halogens is 1. The number of sulfone groups is 1. The summed E-state index contributed by atoms with van der Waals surface area (Å²) >= 11 is 7.54. The predicted octanol–water partition coefficient (Wildman–Crippen LogP) is 2.19. The quantitative estimate of drug-likeness (QED) is 0.737. The maximum Gasteiger partial charge on any atom is 0.303 e. The molecular formula is C17H19ClN2O5S2. The second kappa shape index (κ2) is 8.20. The van der Waals surface area contributed by atoms with Gasteiger partial charge in [-0.1, -0.05) is 41.6 Å². The molecular weight excluding hydrogens is 412 g/mol. The molecule has 1 aromatic carbocycles. The van der Waals surface area contributed by atoms with Crippen LogP contribution in [0.5, 0.6) is 0 Å². The van der Waals surface area contributed by atoms with E-state index in [0.717, 1.165) is 5.56 Å². The molecule has 7 nitrogen and oxygen atoms in total. The molecule has 2 saturated heterocycles. The molecule has 0 aliphatic carbocycles. The number of hydrogen-bond acceptors (Lipinski definition) is 5. The van der Waals surface area contributed by atoms with Crippen molar-refractivity contribution < 1.29 is 23.1 Å². The van der Waals surface area contributed by atoms with Crippen LogP contribution in [0.2, 0.25) is 5.02 Å². The summed E-state index contributed by atoms with van der Waals surface area (Å²) in [6.45, 7) is 0.366. The average molecular weight is 431 g/mol. The molecule has 2 atom stereocenters. The van der Waals surface area contributed by atoms with E-state index in [1.807, 2.05) is 23.1 Å². The second-order valence-corrected chi connectivity index (χ2v) is 10.3. The van der Waals surface area contributed by atoms with Gasteiger partial charge in [-0.05, 0) is 18.1 Å². The first-order valence-electron chi connectivity index (χ1n) is 8.45. The third-order valence-electron chi connectivity index (χ3n) is 4.48. The highest BCUT2D eigenvalue weighted by molar-refractivity contribution is 8.15. The number of fused-ring (bicyclic) bond motifs is 1. The molecule has 0 bridgehead atoms. The Bertz CT molecular complexity index is 887. The smallest absolute Gasteiger partial charge is 0.303 e. The predicted molar refractivity (Wildman–Crippen MR) is 105 cm³/mol. The SMILES string of the molecule is O=C(O)CCCC(=O)N=C1S[C@H]2CS(=O)(=O)C[C@H]2N1Cc1ccccc1Cl. The minimum Gasteiger partial charge on any atom is -0.481 e. The van der Waals surface area contributed by atoms with Gasteiger partial charge in [0.15, 0.2) is 15.0 Å². The van der Waals surface area contributed by atoms with E-state index in [1.165, 1.54) is 11.8 Å². The number of hydrogen-bond donors (Lipinski definition) is 1. The first-order valence-corrected chi connectivity index (χ1v) is 11.5. The molecule has 146 valence electrons. The largest absolute Gasteiger partial charge is 0.481 e. The van der Waals surface area contributed by atoms with Gasteiger partial charge in [0.25, 0.3) is 0 Å². The molecule has 2 heterocycles. The van der Waals surface area contributed by atoms with Gasteiger partial charge in [0.2, 0.25) is 5.91 Å². The number of nitrogens with zero attached hydrogens (tertiary/aromatic N) is 2. The van der Waals surface area contributed by atoms with E-state index in [4.69, 9.17) is 16.7 Å². The van der Waals surface area contributed by atoms with E-state index in [1.54, 1.807) is 6.07 Å². The van der Waals surface area contributed by atoms with Crippen LogP contribution in [-0.2, 0) is 26.0 Å². The standard InChI is InChI=1S/C17H19ClN2O5S2/c18-12-5-2-1-4-11(12)8-20-13-9-27(24,25)10-14(13)26-17(20)19-15(21)6-3-7-16(22)23/h1-2,4-5,13-14H,3,6-10H2,(H,22,23)/t13-,14+/m1/s1. The van der Waals surface area contributed by atoms with Crippen LogP contribution in [0.1, 0.15) is 24.8 Å². The Hall–Kier alpha value is -1.58. The molecule has 2 fully saturated rings. The zero-order valence-electron chi connectivity index (χ0n) is 14.4. The molecule has 2 aliphatic heterocycles. The normalized spacial score (nSPS) is 24.9. The fourth-order valence-corrected chi connectivity index (χ4v) is 7.35. The maximum absolute atomic E-state index is 12.1. The molecule has 1 N–H and O–H groups in total. The monoisotopic (exact) mass is 430 g/mol. The number of carbonyl (C=O) groups is 2. The fraction of sp³-hybridized carbons (Fsp3) is 0.471. The van der Waals surface area contributed by atoms with Crippen molar-refractivity contribution in [3.63, 3.8) is 0 Å². The van der Waals surface area contributed by atoms with Gasteiger partial charge in [-0.2, -0.15) is 4.99 Å². The molecule has 27 heavy (non-hydrogen) atoms. The van der Waals surface area contributed by atoms with Gasteiger partial charge in [-0.25, -0.2) is 8.42 Å². The molecule has 0 unspecified atom stereocenters. The average Bonchev–Trinajstić information content (AvgIpc) is 3.01. The number of amidine groups is 1. The highest BCUT2D eigenvalue weighted by Gasteiger charge is 2.48. The fourth-order valence-electron chi connectivity index (χ4n) is 3.18. The van der Waals surface area contributed by atoms with Gasteiger partial charge >= 0.3 is 5.97 Å². The van der Waals surface area contributed by atoms with Gasteiger partial charge < -0.3 is 10.0 Å². The van der Waals surface area contributed by atoms with Gasteiger partial charge in [-0.15, -0.1) is 0 Å². The van der Waals surface area contributed by atoms with Crippen LogP contribution in [0, 0.1) is 0 Å². The number of carboxylic acids is 1. The zero-order chi connectivity index (χ0) is 19.6. The van der Waals surface area contributed by atoms with Crippen molar-refractivity contribution >= 4 is 50.2 Å². The topological polar surface area (TPSA) is 104 Å². The van der Waals surface area contributed by atoms with E-state index in [-0.39, 0.29) is 42.1 Å². The molecule has 1 aromatic rings. The first kappa shape index (κ1) is 20.2. The van der Waals surface area contributed by atoms with E-state index < -0.39 is 21.7 Å². The van der Waals surface area contributed by atoms with E-state index >= 15 is 0 Å². The van der Waals surface area contributed by atoms with Crippen LogP contribution in [0.25, 0.3) is 0 Å². The lowest BCUT2D eigenvalue weighted by atomic mass is 10.1. The van der Waals surface area contributed by atoms with Crippen molar-refractivity contribution in [3.05, 3.63) is 34.9 Å². The lowest BCUT2D eigenvalue weighted by Crippen LogP contribution is -2.37. The number of carbonyl (C=O) groups excluding carboxylic acids is 1. The molecule has 10 heteroatoms. The number of amides is 1. The number of benzene rings is 1. The van der Waals surface area contributed by atoms with Crippen molar-refractivity contribution in [3.8, 4) is 0 Å². The lowest BCUT2D eigenvalue weighted by Gasteiger charge is -2.25. The molecule has 0 saturated carbocycles. The summed E-state index contributed by atoms with van der Waals surface area (Å²) in [4.78, 5) is 28.7. The molecule has 0 radical (unpaired) electrons. The summed E-state index contributed by atoms with van der Waals surface area (Å²) in [6, 6.07) is 7.03. The lowest BCUT2D eigenvalue weighted by molar-refractivity contribution is -0.137. The summed E-state index contributed by atoms with van der Waals surface area (Å²) in [6.07, 6.45) is 0.182. The van der Waals surface area contributed by atoms with Crippen molar-refractivity contribution in [2.24, 2.45) is 4.99 Å². The van der Waals surface area contributed by atoms with Crippen LogP contribution in [0.15, 0.2) is 29.3 Å². The van der Waals surface area contributed by atoms with Crippen molar-refractivity contribution in [1.29, 1.82) is 0 Å². The molecule has 3 rings (SSSR count). The van der Waals surface area contributed by atoms with Crippen LogP contribution in [-0.4, -0.2) is 58.3 Å². The Kier molecular flexibility index (Phi) is 6.12. The summed E-state index contributed by atoms with van der Waals surface area (Å²) < 4.78 is 24.0. The Morgan fingerprint density at radius 2 is 2.00 bits per heavy atom. The Morgan fingerprint density at radius 3 is 2.70 bits per heavy atom. The van der Waals surface area contributed by atoms with Crippen LogP contribution >= 0.6 is 23.4 Å². The molecule has 0 spiro atoms. The van der Waals surface area contributed by atoms with Gasteiger partial charge in [0, 0.05) is 29.7 Å². The highest BCUT2D eigenvalue weighted by Crippen LogP contribution is 2.39. The number of aliphatic imine (C=N–C) groups is 1. The number of carboxylic acid groups (broad SMARTS) is 1. The van der Waals surface area contributed by atoms with E-state index in [9.17, 15) is 18.0 Å². The van der Waals surface area contributed by atoms with Crippen LogP contribution < -0.4 is 0 Å². The minimum atomic E-state index is -3.12. The van der Waals surface area contributed by atoms with E-state index in [2.05, 4.69) is 4.99 Å². The van der Waals surface area contributed by atoms with Crippen LogP contribution in [0.3, 0.4) is 0 Å². The molecule has 2 aliphatic rings. The number of thioether (sulfide) groups is 1. The summed E-state index contributed by atoms with van der Waals surface area (Å²) in [5, 5.41) is 9.56. The Morgan fingerprint density at radius 1 is 1.26 bits per heavy atom. The summed E-state index contributed by atoms with van der Waals surface area (Å²) in [5.74, 6) is -1.26. The third kappa shape index (κ3) is 5.03. The van der Waals surface area contributed by atoms with Gasteiger partial charge in [0.1, 0.15) is 0 Å². The van der Waals surface area contributed by atoms with Crippen molar-refractivity contribution in [2.75, 3.05) is 11.5 Å². The van der Waals surface area contributed by atoms with Gasteiger partial charge in [-0.3, -0.25) is 9.59 Å². The maximum atomic E-state index is 12.1. The van der Waals surface area contributed by atoms with Crippen molar-refractivity contribution in [2.45, 2.75) is 37.1 Å². The second-order valence-electron chi connectivity index (χ2n) is 6.56. The first-order chi connectivity index (χ1) is 12.7. The third-order valence-corrected chi connectivity index (χ3v) is 8.09. The minimum absolute atomic E-state index is 0.0291. The van der Waals surface area contributed by atoms with Crippen LogP contribution in [0.4, 0.5) is 0 Å². The van der Waals surface area contributed by atoms with Crippen molar-refractivity contribution in [1.82, 2.24) is 4.90 Å². The molecule has 1 amide bonds. The van der Waals surface area contributed by atoms with E-state index in [0.29, 0.717) is 16.7 Å². The highest BCUT2D eigenvalue weighted by atomic mass is 35.5. The van der Waals surface area contributed by atoms with Gasteiger partial charge in [0.05, 0.1) is 17.5 Å². The Labute approximate surface area is 166 Å². The molecule has 0 aromatic heterocycles. The Balaban J connectivity index is 1.79. The summed E-state index contributed by atoms with van der Waals surface area (Å²) in [7, 11) is -3.12. The number of aliphatic carboxylic acids is 1.